The average molecular weight is 293 g/mol. The molecule has 1 unspecified atom stereocenters. The molecule has 1 N–H and O–H groups in total. The van der Waals surface area contributed by atoms with Crippen LogP contribution in [-0.4, -0.2) is 19.3 Å². The second-order valence-corrected chi connectivity index (χ2v) is 4.90. The normalized spacial score (nSPS) is 12.2. The fraction of sp³-hybridized carbons (Fsp3) is 0.250. The quantitative estimate of drug-likeness (QED) is 0.915. The summed E-state index contributed by atoms with van der Waals surface area (Å²) in [6, 6.07) is 12.8. The van der Waals surface area contributed by atoms with Crippen molar-refractivity contribution in [3.8, 4) is 5.75 Å². The highest BCUT2D eigenvalue weighted by Crippen LogP contribution is 2.32. The van der Waals surface area contributed by atoms with Crippen LogP contribution in [0.15, 0.2) is 42.5 Å². The van der Waals surface area contributed by atoms with Gasteiger partial charge in [-0.2, -0.15) is 0 Å². The van der Waals surface area contributed by atoms with Crippen LogP contribution in [0.3, 0.4) is 0 Å². The Labute approximate surface area is 123 Å². The maximum atomic E-state index is 10.5. The molecule has 0 aliphatic carbocycles. The van der Waals surface area contributed by atoms with Gasteiger partial charge in [0.1, 0.15) is 11.9 Å². The Morgan fingerprint density at radius 1 is 1.10 bits per heavy atom. The standard InChI is InChI=1S/C16H17ClO3/c1-19-10-11-3-5-12(6-4-11)16(18)14-9-13(17)7-8-15(14)20-2/h3-9,16,18H,10H2,1-2H3. The zero-order valence-electron chi connectivity index (χ0n) is 11.5. The van der Waals surface area contributed by atoms with Crippen LogP contribution in [0.1, 0.15) is 22.8 Å². The van der Waals surface area contributed by atoms with E-state index in [-0.39, 0.29) is 0 Å². The first kappa shape index (κ1) is 14.9. The molecule has 0 fully saturated rings. The lowest BCUT2D eigenvalue weighted by Gasteiger charge is -2.16. The van der Waals surface area contributed by atoms with Crippen molar-refractivity contribution in [3.05, 3.63) is 64.2 Å². The molecule has 0 aliphatic heterocycles. The lowest BCUT2D eigenvalue weighted by Crippen LogP contribution is -2.03. The first-order valence-electron chi connectivity index (χ1n) is 6.25. The minimum atomic E-state index is -0.778. The van der Waals surface area contributed by atoms with Crippen LogP contribution in [0.2, 0.25) is 5.02 Å². The van der Waals surface area contributed by atoms with Gasteiger partial charge in [0.2, 0.25) is 0 Å². The van der Waals surface area contributed by atoms with E-state index in [2.05, 4.69) is 0 Å². The Balaban J connectivity index is 2.30. The second kappa shape index (κ2) is 6.75. The van der Waals surface area contributed by atoms with Crippen LogP contribution in [0, 0.1) is 0 Å². The summed E-state index contributed by atoms with van der Waals surface area (Å²) in [6.07, 6.45) is -0.778. The van der Waals surface area contributed by atoms with E-state index >= 15 is 0 Å². The molecule has 0 heterocycles. The van der Waals surface area contributed by atoms with E-state index in [1.165, 1.54) is 0 Å². The molecule has 0 radical (unpaired) electrons. The van der Waals surface area contributed by atoms with Crippen molar-refractivity contribution in [2.45, 2.75) is 12.7 Å². The van der Waals surface area contributed by atoms with Crippen molar-refractivity contribution in [2.75, 3.05) is 14.2 Å². The van der Waals surface area contributed by atoms with E-state index in [0.717, 1.165) is 11.1 Å². The van der Waals surface area contributed by atoms with Gasteiger partial charge in [-0.1, -0.05) is 35.9 Å². The summed E-state index contributed by atoms with van der Waals surface area (Å²) in [5.41, 5.74) is 2.49. The summed E-state index contributed by atoms with van der Waals surface area (Å²) in [5, 5.41) is 11.0. The van der Waals surface area contributed by atoms with Crippen LogP contribution in [0.25, 0.3) is 0 Å². The summed E-state index contributed by atoms with van der Waals surface area (Å²) in [5.74, 6) is 0.614. The van der Waals surface area contributed by atoms with Gasteiger partial charge >= 0.3 is 0 Å². The number of halogens is 1. The lowest BCUT2D eigenvalue weighted by atomic mass is 9.99. The van der Waals surface area contributed by atoms with Gasteiger partial charge in [0.05, 0.1) is 13.7 Å². The van der Waals surface area contributed by atoms with E-state index in [9.17, 15) is 5.11 Å². The Bertz CT molecular complexity index is 566. The third kappa shape index (κ3) is 3.31. The molecule has 1 atom stereocenters. The molecule has 4 heteroatoms. The predicted octanol–water partition coefficient (Wildman–Crippen LogP) is 3.58. The van der Waals surface area contributed by atoms with Crippen molar-refractivity contribution in [2.24, 2.45) is 0 Å². The molecule has 20 heavy (non-hydrogen) atoms. The molecule has 0 aromatic heterocycles. The molecule has 2 aromatic carbocycles. The molecular weight excluding hydrogens is 276 g/mol. The van der Waals surface area contributed by atoms with Crippen molar-refractivity contribution >= 4 is 11.6 Å². The summed E-state index contributed by atoms with van der Waals surface area (Å²) < 4.78 is 10.3. The highest BCUT2D eigenvalue weighted by atomic mass is 35.5. The number of aliphatic hydroxyl groups excluding tert-OH is 1. The zero-order chi connectivity index (χ0) is 14.5. The third-order valence-corrected chi connectivity index (χ3v) is 3.33. The first-order valence-corrected chi connectivity index (χ1v) is 6.62. The molecule has 0 amide bonds. The number of hydrogen-bond donors (Lipinski definition) is 1. The summed E-state index contributed by atoms with van der Waals surface area (Å²) >= 11 is 5.99. The predicted molar refractivity (Wildman–Crippen MR) is 79.2 cm³/mol. The molecule has 0 spiro atoms. The number of hydrogen-bond acceptors (Lipinski definition) is 3. The van der Waals surface area contributed by atoms with E-state index in [0.29, 0.717) is 22.9 Å². The number of rotatable bonds is 5. The Hall–Kier alpha value is -1.55. The minimum absolute atomic E-state index is 0.552. The van der Waals surface area contributed by atoms with Crippen molar-refractivity contribution in [3.63, 3.8) is 0 Å². The van der Waals surface area contributed by atoms with Gasteiger partial charge in [-0.3, -0.25) is 0 Å². The lowest BCUT2D eigenvalue weighted by molar-refractivity contribution is 0.184. The fourth-order valence-electron chi connectivity index (χ4n) is 2.06. The highest BCUT2D eigenvalue weighted by molar-refractivity contribution is 6.30. The van der Waals surface area contributed by atoms with Crippen molar-refractivity contribution in [1.29, 1.82) is 0 Å². The topological polar surface area (TPSA) is 38.7 Å². The molecule has 0 saturated carbocycles. The zero-order valence-corrected chi connectivity index (χ0v) is 12.2. The van der Waals surface area contributed by atoms with Gasteiger partial charge in [0, 0.05) is 17.7 Å². The van der Waals surface area contributed by atoms with Crippen molar-refractivity contribution in [1.82, 2.24) is 0 Å². The van der Waals surface area contributed by atoms with E-state index in [1.54, 1.807) is 32.4 Å². The third-order valence-electron chi connectivity index (χ3n) is 3.09. The molecule has 0 aliphatic rings. The van der Waals surface area contributed by atoms with Gasteiger partial charge in [-0.15, -0.1) is 0 Å². The molecule has 106 valence electrons. The molecule has 2 rings (SSSR count). The monoisotopic (exact) mass is 292 g/mol. The highest BCUT2D eigenvalue weighted by Gasteiger charge is 2.16. The van der Waals surface area contributed by atoms with Gasteiger partial charge in [-0.05, 0) is 29.3 Å². The number of methoxy groups -OCH3 is 2. The van der Waals surface area contributed by atoms with Crippen LogP contribution in [0.4, 0.5) is 0 Å². The largest absolute Gasteiger partial charge is 0.496 e. The van der Waals surface area contributed by atoms with Crippen LogP contribution >= 0.6 is 11.6 Å². The second-order valence-electron chi connectivity index (χ2n) is 4.46. The first-order chi connectivity index (χ1) is 9.65. The maximum Gasteiger partial charge on any atom is 0.125 e. The Kier molecular flexibility index (Phi) is 5.01. The van der Waals surface area contributed by atoms with Crippen LogP contribution in [0.5, 0.6) is 5.75 Å². The van der Waals surface area contributed by atoms with Crippen LogP contribution < -0.4 is 4.74 Å². The van der Waals surface area contributed by atoms with Gasteiger partial charge < -0.3 is 14.6 Å². The fourth-order valence-corrected chi connectivity index (χ4v) is 2.24. The van der Waals surface area contributed by atoms with E-state index in [4.69, 9.17) is 21.1 Å². The van der Waals surface area contributed by atoms with Crippen molar-refractivity contribution < 1.29 is 14.6 Å². The SMILES string of the molecule is COCc1ccc(C(O)c2cc(Cl)ccc2OC)cc1. The Morgan fingerprint density at radius 3 is 2.40 bits per heavy atom. The summed E-state index contributed by atoms with van der Waals surface area (Å²) in [6.45, 7) is 0.552. The van der Waals surface area contributed by atoms with E-state index < -0.39 is 6.10 Å². The molecule has 2 aromatic rings. The van der Waals surface area contributed by atoms with Gasteiger partial charge in [-0.25, -0.2) is 0 Å². The maximum absolute atomic E-state index is 10.5. The smallest absolute Gasteiger partial charge is 0.125 e. The number of benzene rings is 2. The summed E-state index contributed by atoms with van der Waals surface area (Å²) in [7, 11) is 3.22. The van der Waals surface area contributed by atoms with E-state index in [1.807, 2.05) is 24.3 Å². The minimum Gasteiger partial charge on any atom is -0.496 e. The summed E-state index contributed by atoms with van der Waals surface area (Å²) in [4.78, 5) is 0. The molecule has 3 nitrogen and oxygen atoms in total. The Morgan fingerprint density at radius 2 is 1.80 bits per heavy atom. The van der Waals surface area contributed by atoms with Crippen LogP contribution in [-0.2, 0) is 11.3 Å². The number of aliphatic hydroxyl groups is 1. The molecule has 0 bridgehead atoms. The van der Waals surface area contributed by atoms with Gasteiger partial charge in [0.15, 0.2) is 0 Å². The molecular formula is C16H17ClO3. The average Bonchev–Trinajstić information content (AvgIpc) is 2.47. The molecule has 0 saturated heterocycles. The van der Waals surface area contributed by atoms with Gasteiger partial charge in [0.25, 0.3) is 0 Å². The number of ether oxygens (including phenoxy) is 2.